The predicted octanol–water partition coefficient (Wildman–Crippen LogP) is 3.20. The molecule has 4 rings (SSSR count). The van der Waals surface area contributed by atoms with Gasteiger partial charge in [-0.25, -0.2) is 14.4 Å². The topological polar surface area (TPSA) is 113 Å². The number of aliphatic hydroxyl groups is 1. The number of pyridine rings is 2. The summed E-state index contributed by atoms with van der Waals surface area (Å²) in [5.74, 6) is 0.835. The van der Waals surface area contributed by atoms with Crippen molar-refractivity contribution in [2.75, 3.05) is 17.2 Å². The summed E-state index contributed by atoms with van der Waals surface area (Å²) in [6.07, 6.45) is 8.45. The maximum absolute atomic E-state index is 13.0. The summed E-state index contributed by atoms with van der Waals surface area (Å²) in [7, 11) is 0. The van der Waals surface area contributed by atoms with Gasteiger partial charge in [-0.1, -0.05) is 12.8 Å². The quantitative estimate of drug-likeness (QED) is 0.593. The molecular formula is C21H26FN5O2. The minimum Gasteiger partial charge on any atom is -0.390 e. The molecule has 154 valence electrons. The number of nitrogens with one attached hydrogen (secondary N) is 2. The Kier molecular flexibility index (Phi) is 5.36. The molecule has 2 aliphatic rings. The van der Waals surface area contributed by atoms with Crippen molar-refractivity contribution in [3.8, 4) is 0 Å². The van der Waals surface area contributed by atoms with Crippen LogP contribution < -0.4 is 16.4 Å². The Hall–Kier alpha value is -2.74. The zero-order valence-corrected chi connectivity index (χ0v) is 16.2. The van der Waals surface area contributed by atoms with Crippen molar-refractivity contribution in [2.24, 2.45) is 17.6 Å². The van der Waals surface area contributed by atoms with E-state index in [2.05, 4.69) is 20.6 Å². The molecule has 2 fully saturated rings. The van der Waals surface area contributed by atoms with E-state index >= 15 is 0 Å². The molecule has 2 aromatic heterocycles. The average molecular weight is 399 g/mol. The third-order valence-electron chi connectivity index (χ3n) is 5.99. The largest absolute Gasteiger partial charge is 0.390 e. The van der Waals surface area contributed by atoms with E-state index in [1.54, 1.807) is 6.07 Å². The van der Waals surface area contributed by atoms with Gasteiger partial charge < -0.3 is 21.5 Å². The first-order chi connectivity index (χ1) is 13.9. The minimum atomic E-state index is -0.564. The maximum atomic E-state index is 13.0. The van der Waals surface area contributed by atoms with Crippen molar-refractivity contribution >= 4 is 23.2 Å². The van der Waals surface area contributed by atoms with Gasteiger partial charge in [0.1, 0.15) is 17.5 Å². The van der Waals surface area contributed by atoms with Crippen LogP contribution in [0.4, 0.5) is 21.7 Å². The number of hydrogen-bond acceptors (Lipinski definition) is 6. The Labute approximate surface area is 168 Å². The van der Waals surface area contributed by atoms with Gasteiger partial charge in [0.05, 0.1) is 23.0 Å². The Morgan fingerprint density at radius 2 is 2.10 bits per heavy atom. The summed E-state index contributed by atoms with van der Waals surface area (Å²) in [6, 6.07) is 4.51. The molecule has 0 saturated heterocycles. The fourth-order valence-corrected chi connectivity index (χ4v) is 4.80. The smallest absolute Gasteiger partial charge is 0.252 e. The van der Waals surface area contributed by atoms with Gasteiger partial charge in [0.15, 0.2) is 0 Å². The maximum Gasteiger partial charge on any atom is 0.252 e. The molecule has 2 bridgehead atoms. The van der Waals surface area contributed by atoms with E-state index in [9.17, 15) is 14.3 Å². The summed E-state index contributed by atoms with van der Waals surface area (Å²) < 4.78 is 13.0. The van der Waals surface area contributed by atoms with E-state index in [1.807, 2.05) is 0 Å². The molecule has 1 unspecified atom stereocenters. The number of amides is 1. The van der Waals surface area contributed by atoms with Crippen LogP contribution in [0, 0.1) is 17.7 Å². The summed E-state index contributed by atoms with van der Waals surface area (Å²) in [5, 5.41) is 17.1. The molecule has 8 heteroatoms. The second-order valence-electron chi connectivity index (χ2n) is 8.34. The third kappa shape index (κ3) is 4.64. The number of primary amides is 1. The van der Waals surface area contributed by atoms with Crippen molar-refractivity contribution in [3.63, 3.8) is 0 Å². The summed E-state index contributed by atoms with van der Waals surface area (Å²) in [6.45, 7) is 0.650. The van der Waals surface area contributed by atoms with Gasteiger partial charge in [-0.3, -0.25) is 4.79 Å². The lowest BCUT2D eigenvalue weighted by Gasteiger charge is -2.45. The Bertz CT molecular complexity index is 891. The van der Waals surface area contributed by atoms with Gasteiger partial charge in [-0.05, 0) is 49.7 Å². The SMILES string of the molecule is NC(=O)c1cnc(Nc2ccc(F)cn2)cc1NC[C@H]1CC2CCC[C@](O)(C2)C1. The molecule has 0 spiro atoms. The molecule has 2 heterocycles. The molecule has 2 saturated carbocycles. The normalized spacial score (nSPS) is 26.0. The highest BCUT2D eigenvalue weighted by Crippen LogP contribution is 2.45. The highest BCUT2D eigenvalue weighted by Gasteiger charge is 2.41. The first-order valence-corrected chi connectivity index (χ1v) is 10.0. The van der Waals surface area contributed by atoms with E-state index in [-0.39, 0.29) is 0 Å². The van der Waals surface area contributed by atoms with Crippen molar-refractivity contribution in [2.45, 2.75) is 44.1 Å². The van der Waals surface area contributed by atoms with E-state index in [0.717, 1.165) is 38.3 Å². The second-order valence-corrected chi connectivity index (χ2v) is 8.34. The number of rotatable bonds is 6. The highest BCUT2D eigenvalue weighted by atomic mass is 19.1. The summed E-state index contributed by atoms with van der Waals surface area (Å²) in [4.78, 5) is 20.0. The van der Waals surface area contributed by atoms with Gasteiger partial charge in [-0.2, -0.15) is 0 Å². The van der Waals surface area contributed by atoms with Gasteiger partial charge in [0.25, 0.3) is 5.91 Å². The van der Waals surface area contributed by atoms with Crippen LogP contribution in [0.15, 0.2) is 30.6 Å². The van der Waals surface area contributed by atoms with E-state index in [1.165, 1.54) is 24.8 Å². The van der Waals surface area contributed by atoms with E-state index in [0.29, 0.717) is 41.3 Å². The standard InChI is InChI=1S/C21H26FN5O2/c22-15-3-4-18(25-11-15)27-19-7-17(16(12-26-19)20(23)28)24-10-14-6-13-2-1-5-21(29,8-13)9-14/h3-4,7,11-14,29H,1-2,5-6,8-10H2,(H2,23,28)(H2,24,25,26,27)/t13?,14-,21-/m0/s1. The minimum absolute atomic E-state index is 0.303. The monoisotopic (exact) mass is 399 g/mol. The summed E-state index contributed by atoms with van der Waals surface area (Å²) in [5.41, 5.74) is 5.85. The van der Waals surface area contributed by atoms with Crippen molar-refractivity contribution < 1.29 is 14.3 Å². The zero-order chi connectivity index (χ0) is 20.4. The number of fused-ring (bicyclic) bond motifs is 2. The Morgan fingerprint density at radius 3 is 2.83 bits per heavy atom. The molecule has 29 heavy (non-hydrogen) atoms. The van der Waals surface area contributed by atoms with Crippen LogP contribution >= 0.6 is 0 Å². The number of nitrogens with zero attached hydrogens (tertiary/aromatic N) is 2. The molecule has 0 radical (unpaired) electrons. The Morgan fingerprint density at radius 1 is 1.28 bits per heavy atom. The van der Waals surface area contributed by atoms with Crippen LogP contribution in [0.3, 0.4) is 0 Å². The van der Waals surface area contributed by atoms with Crippen LogP contribution in [0.25, 0.3) is 0 Å². The van der Waals surface area contributed by atoms with Crippen molar-refractivity contribution in [1.82, 2.24) is 9.97 Å². The van der Waals surface area contributed by atoms with Crippen LogP contribution in [-0.2, 0) is 0 Å². The van der Waals surface area contributed by atoms with Crippen molar-refractivity contribution in [3.05, 3.63) is 42.0 Å². The molecule has 5 N–H and O–H groups in total. The molecule has 2 aliphatic carbocycles. The zero-order valence-electron chi connectivity index (χ0n) is 16.2. The number of carbonyl (C=O) groups is 1. The molecular weight excluding hydrogens is 373 g/mol. The lowest BCUT2D eigenvalue weighted by atomic mass is 9.65. The van der Waals surface area contributed by atoms with Crippen LogP contribution in [0.1, 0.15) is 48.9 Å². The number of halogens is 1. The fraction of sp³-hybridized carbons (Fsp3) is 0.476. The fourth-order valence-electron chi connectivity index (χ4n) is 4.80. The molecule has 0 aliphatic heterocycles. The lowest BCUT2D eigenvalue weighted by molar-refractivity contribution is -0.0648. The van der Waals surface area contributed by atoms with Crippen LogP contribution in [0.2, 0.25) is 0 Å². The average Bonchev–Trinajstić information content (AvgIpc) is 2.67. The molecule has 0 aromatic carbocycles. The number of anilines is 3. The second kappa shape index (κ2) is 7.94. The van der Waals surface area contributed by atoms with Gasteiger partial charge in [-0.15, -0.1) is 0 Å². The van der Waals surface area contributed by atoms with Crippen LogP contribution in [-0.4, -0.2) is 33.1 Å². The number of aromatic nitrogens is 2. The lowest BCUT2D eigenvalue weighted by Crippen LogP contribution is -2.43. The first-order valence-electron chi connectivity index (χ1n) is 10.0. The molecule has 3 atom stereocenters. The number of nitrogens with two attached hydrogens (primary N) is 1. The summed E-state index contributed by atoms with van der Waals surface area (Å²) >= 11 is 0. The van der Waals surface area contributed by atoms with Gasteiger partial charge >= 0.3 is 0 Å². The molecule has 2 aromatic rings. The molecule has 1 amide bonds. The molecule has 7 nitrogen and oxygen atoms in total. The predicted molar refractivity (Wildman–Crippen MR) is 108 cm³/mol. The van der Waals surface area contributed by atoms with Gasteiger partial charge in [0, 0.05) is 18.8 Å². The van der Waals surface area contributed by atoms with E-state index in [4.69, 9.17) is 5.73 Å². The number of hydrogen-bond donors (Lipinski definition) is 4. The third-order valence-corrected chi connectivity index (χ3v) is 5.99. The van der Waals surface area contributed by atoms with Crippen molar-refractivity contribution in [1.29, 1.82) is 0 Å². The van der Waals surface area contributed by atoms with Crippen LogP contribution in [0.5, 0.6) is 0 Å². The van der Waals surface area contributed by atoms with Gasteiger partial charge in [0.2, 0.25) is 0 Å². The highest BCUT2D eigenvalue weighted by molar-refractivity contribution is 5.98. The number of carbonyl (C=O) groups excluding carboxylic acids is 1. The van der Waals surface area contributed by atoms with E-state index < -0.39 is 17.3 Å². The Balaban J connectivity index is 1.47. The first kappa shape index (κ1) is 19.6.